The van der Waals surface area contributed by atoms with Crippen molar-refractivity contribution in [3.63, 3.8) is 0 Å². The second-order valence-electron chi connectivity index (χ2n) is 5.63. The number of aromatic nitrogens is 2. The number of aliphatic hydroxyl groups excluding tert-OH is 2. The highest BCUT2D eigenvalue weighted by molar-refractivity contribution is 5.61. The summed E-state index contributed by atoms with van der Waals surface area (Å²) in [4.78, 5) is 15.8. The summed E-state index contributed by atoms with van der Waals surface area (Å²) in [6.07, 6.45) is 3.54. The SMILES string of the molecule is CCCC(C)=Cc1cn([C@H]2C[C@H](O)[C@@H](CO)O2)c(=O)nc1N. The molecule has 1 aliphatic rings. The van der Waals surface area contributed by atoms with E-state index in [-0.39, 0.29) is 18.8 Å². The van der Waals surface area contributed by atoms with Gasteiger partial charge in [-0.05, 0) is 13.3 Å². The van der Waals surface area contributed by atoms with Crippen LogP contribution >= 0.6 is 0 Å². The van der Waals surface area contributed by atoms with E-state index in [4.69, 9.17) is 15.6 Å². The first kappa shape index (κ1) is 16.7. The zero-order valence-corrected chi connectivity index (χ0v) is 12.9. The molecule has 0 bridgehead atoms. The maximum Gasteiger partial charge on any atom is 0.351 e. The van der Waals surface area contributed by atoms with E-state index in [1.807, 2.05) is 13.0 Å². The number of allylic oxidation sites excluding steroid dienone is 1. The van der Waals surface area contributed by atoms with E-state index in [1.54, 1.807) is 6.20 Å². The monoisotopic (exact) mass is 309 g/mol. The standard InChI is InChI=1S/C15H23N3O4/c1-3-4-9(2)5-10-7-18(15(21)17-14(10)16)13-6-11(20)12(8-19)22-13/h5,7,11-13,19-20H,3-4,6,8H2,1-2H3,(H2,16,17,21)/t11-,12+,13+/m0/s1. The minimum Gasteiger partial charge on any atom is -0.394 e. The van der Waals surface area contributed by atoms with Crippen LogP contribution in [-0.2, 0) is 4.74 Å². The van der Waals surface area contributed by atoms with E-state index in [0.717, 1.165) is 18.4 Å². The molecule has 1 saturated heterocycles. The number of aliphatic hydroxyl groups is 2. The zero-order chi connectivity index (χ0) is 16.3. The number of hydrogen-bond acceptors (Lipinski definition) is 6. The molecule has 0 spiro atoms. The first-order chi connectivity index (χ1) is 10.5. The molecule has 0 radical (unpaired) electrons. The number of hydrogen-bond donors (Lipinski definition) is 3. The van der Waals surface area contributed by atoms with Crippen molar-refractivity contribution in [3.8, 4) is 0 Å². The highest BCUT2D eigenvalue weighted by Crippen LogP contribution is 2.28. The average molecular weight is 309 g/mol. The van der Waals surface area contributed by atoms with Crippen LogP contribution in [0, 0.1) is 0 Å². The molecule has 122 valence electrons. The van der Waals surface area contributed by atoms with Crippen LogP contribution < -0.4 is 11.4 Å². The maximum atomic E-state index is 12.0. The molecule has 2 heterocycles. The Hall–Kier alpha value is -1.70. The molecule has 0 saturated carbocycles. The molecule has 2 rings (SSSR count). The molecule has 22 heavy (non-hydrogen) atoms. The average Bonchev–Trinajstić information content (AvgIpc) is 2.83. The van der Waals surface area contributed by atoms with Gasteiger partial charge in [-0.1, -0.05) is 25.0 Å². The van der Waals surface area contributed by atoms with Gasteiger partial charge >= 0.3 is 5.69 Å². The molecule has 7 nitrogen and oxygen atoms in total. The third kappa shape index (κ3) is 3.55. The quantitative estimate of drug-likeness (QED) is 0.737. The first-order valence-electron chi connectivity index (χ1n) is 7.46. The highest BCUT2D eigenvalue weighted by atomic mass is 16.5. The number of nitrogens with two attached hydrogens (primary N) is 1. The number of ether oxygens (including phenoxy) is 1. The number of nitrogen functional groups attached to an aromatic ring is 1. The summed E-state index contributed by atoms with van der Waals surface area (Å²) in [7, 11) is 0. The van der Waals surface area contributed by atoms with E-state index in [1.165, 1.54) is 4.57 Å². The van der Waals surface area contributed by atoms with E-state index in [9.17, 15) is 9.90 Å². The Balaban J connectivity index is 2.33. The first-order valence-corrected chi connectivity index (χ1v) is 7.46. The third-order valence-corrected chi connectivity index (χ3v) is 3.75. The van der Waals surface area contributed by atoms with Gasteiger partial charge in [0.1, 0.15) is 18.1 Å². The van der Waals surface area contributed by atoms with Gasteiger partial charge in [0, 0.05) is 18.2 Å². The lowest BCUT2D eigenvalue weighted by molar-refractivity contribution is -0.0458. The number of rotatable bonds is 5. The van der Waals surface area contributed by atoms with Crippen LogP contribution in [0.15, 0.2) is 16.6 Å². The molecule has 0 amide bonds. The summed E-state index contributed by atoms with van der Waals surface area (Å²) in [5.41, 5.74) is 7.08. The summed E-state index contributed by atoms with van der Waals surface area (Å²) in [5, 5.41) is 18.9. The molecule has 7 heteroatoms. The molecule has 0 aromatic carbocycles. The van der Waals surface area contributed by atoms with Crippen molar-refractivity contribution in [2.45, 2.75) is 51.5 Å². The Labute approximate surface area is 129 Å². The van der Waals surface area contributed by atoms with E-state index in [0.29, 0.717) is 5.56 Å². The Morgan fingerprint density at radius 1 is 1.64 bits per heavy atom. The highest BCUT2D eigenvalue weighted by Gasteiger charge is 2.35. The van der Waals surface area contributed by atoms with E-state index >= 15 is 0 Å². The molecule has 1 aromatic heterocycles. The van der Waals surface area contributed by atoms with Crippen molar-refractivity contribution in [3.05, 3.63) is 27.8 Å². The van der Waals surface area contributed by atoms with Crippen molar-refractivity contribution in [1.82, 2.24) is 9.55 Å². The van der Waals surface area contributed by atoms with Gasteiger partial charge in [0.15, 0.2) is 0 Å². The lowest BCUT2D eigenvalue weighted by atomic mass is 10.1. The zero-order valence-electron chi connectivity index (χ0n) is 12.9. The fraction of sp³-hybridized carbons (Fsp3) is 0.600. The summed E-state index contributed by atoms with van der Waals surface area (Å²) in [6.45, 7) is 3.79. The van der Waals surface area contributed by atoms with Crippen LogP contribution in [0.4, 0.5) is 5.82 Å². The number of nitrogens with zero attached hydrogens (tertiary/aromatic N) is 2. The topological polar surface area (TPSA) is 111 Å². The van der Waals surface area contributed by atoms with Crippen LogP contribution in [0.3, 0.4) is 0 Å². The molecule has 1 aromatic rings. The summed E-state index contributed by atoms with van der Waals surface area (Å²) >= 11 is 0. The van der Waals surface area contributed by atoms with Crippen molar-refractivity contribution >= 4 is 11.9 Å². The van der Waals surface area contributed by atoms with Crippen LogP contribution in [-0.4, -0.2) is 38.6 Å². The van der Waals surface area contributed by atoms with Gasteiger partial charge < -0.3 is 20.7 Å². The molecule has 4 N–H and O–H groups in total. The molecule has 1 aliphatic heterocycles. The van der Waals surface area contributed by atoms with E-state index < -0.39 is 24.1 Å². The smallest absolute Gasteiger partial charge is 0.351 e. The lowest BCUT2D eigenvalue weighted by Gasteiger charge is -2.15. The molecule has 0 aliphatic carbocycles. The molecule has 1 fully saturated rings. The summed E-state index contributed by atoms with van der Waals surface area (Å²) in [6, 6.07) is 0. The number of anilines is 1. The fourth-order valence-corrected chi connectivity index (χ4v) is 2.60. The third-order valence-electron chi connectivity index (χ3n) is 3.75. The normalized spacial score (nSPS) is 25.6. The van der Waals surface area contributed by atoms with Gasteiger partial charge in [0.25, 0.3) is 0 Å². The van der Waals surface area contributed by atoms with Gasteiger partial charge in [0.05, 0.1) is 12.7 Å². The second kappa shape index (κ2) is 7.04. The fourth-order valence-electron chi connectivity index (χ4n) is 2.60. The summed E-state index contributed by atoms with van der Waals surface area (Å²) < 4.78 is 6.82. The van der Waals surface area contributed by atoms with E-state index in [2.05, 4.69) is 11.9 Å². The van der Waals surface area contributed by atoms with Crippen molar-refractivity contribution in [2.24, 2.45) is 0 Å². The Morgan fingerprint density at radius 2 is 2.36 bits per heavy atom. The van der Waals surface area contributed by atoms with Crippen LogP contribution in [0.25, 0.3) is 6.08 Å². The Morgan fingerprint density at radius 3 is 2.95 bits per heavy atom. The Bertz CT molecular complexity index is 611. The molecule has 0 unspecified atom stereocenters. The predicted octanol–water partition coefficient (Wildman–Crippen LogP) is 0.670. The van der Waals surface area contributed by atoms with Gasteiger partial charge in [-0.25, -0.2) is 4.79 Å². The van der Waals surface area contributed by atoms with Crippen molar-refractivity contribution in [2.75, 3.05) is 12.3 Å². The van der Waals surface area contributed by atoms with Crippen molar-refractivity contribution < 1.29 is 14.9 Å². The van der Waals surface area contributed by atoms with Crippen molar-refractivity contribution in [1.29, 1.82) is 0 Å². The molecular weight excluding hydrogens is 286 g/mol. The minimum atomic E-state index is -0.805. The Kier molecular flexibility index (Phi) is 5.33. The lowest BCUT2D eigenvalue weighted by Crippen LogP contribution is -2.28. The summed E-state index contributed by atoms with van der Waals surface area (Å²) in [5.74, 6) is 0.175. The van der Waals surface area contributed by atoms with Crippen LogP contribution in [0.2, 0.25) is 0 Å². The second-order valence-corrected chi connectivity index (χ2v) is 5.63. The molecular formula is C15H23N3O4. The van der Waals surface area contributed by atoms with Gasteiger partial charge in [-0.2, -0.15) is 4.98 Å². The van der Waals surface area contributed by atoms with Crippen LogP contribution in [0.1, 0.15) is 44.9 Å². The maximum absolute atomic E-state index is 12.0. The molecule has 3 atom stereocenters. The van der Waals surface area contributed by atoms with Gasteiger partial charge in [-0.15, -0.1) is 0 Å². The van der Waals surface area contributed by atoms with Gasteiger partial charge in [-0.3, -0.25) is 4.57 Å². The largest absolute Gasteiger partial charge is 0.394 e. The van der Waals surface area contributed by atoms with Crippen LogP contribution in [0.5, 0.6) is 0 Å². The van der Waals surface area contributed by atoms with Gasteiger partial charge in [0.2, 0.25) is 0 Å². The minimum absolute atomic E-state index is 0.175. The predicted molar refractivity (Wildman–Crippen MR) is 83.1 cm³/mol.